The Labute approximate surface area is 170 Å². The van der Waals surface area contributed by atoms with Crippen LogP contribution in [-0.2, 0) is 19.6 Å². The first-order chi connectivity index (χ1) is 13.7. The highest BCUT2D eigenvalue weighted by Gasteiger charge is 2.28. The van der Waals surface area contributed by atoms with Crippen LogP contribution in [0.2, 0.25) is 0 Å². The third-order valence-electron chi connectivity index (χ3n) is 4.46. The molecule has 9 nitrogen and oxygen atoms in total. The van der Waals surface area contributed by atoms with Gasteiger partial charge >= 0.3 is 12.0 Å². The molecule has 1 aliphatic heterocycles. The first kappa shape index (κ1) is 22.6. The fourth-order valence-electron chi connectivity index (χ4n) is 2.72. The molecule has 3 amide bonds. The molecule has 1 saturated heterocycles. The Morgan fingerprint density at radius 1 is 1.21 bits per heavy atom. The number of ether oxygens (including phenoxy) is 1. The normalized spacial score (nSPS) is 15.3. The predicted molar refractivity (Wildman–Crippen MR) is 106 cm³/mol. The molecule has 0 bridgehead atoms. The van der Waals surface area contributed by atoms with E-state index in [1.165, 1.54) is 34.6 Å². The standard InChI is InChI=1S/C19H25N3O6S/c1-3-10-20-19(25)21-17(23)13-28-18(24)15-4-6-16(7-5-15)29(26,27)22-11-8-14(2)9-12-22/h3-7,14H,1,8-13H2,2H3,(H2,20,21,23,25). The first-order valence-electron chi connectivity index (χ1n) is 9.20. The molecule has 0 aliphatic carbocycles. The summed E-state index contributed by atoms with van der Waals surface area (Å²) in [6, 6.07) is 4.61. The maximum absolute atomic E-state index is 12.7. The van der Waals surface area contributed by atoms with Crippen molar-refractivity contribution in [2.45, 2.75) is 24.7 Å². The summed E-state index contributed by atoms with van der Waals surface area (Å²) in [7, 11) is -3.61. The lowest BCUT2D eigenvalue weighted by Gasteiger charge is -2.29. The lowest BCUT2D eigenvalue weighted by atomic mass is 10.0. The largest absolute Gasteiger partial charge is 0.452 e. The van der Waals surface area contributed by atoms with E-state index >= 15 is 0 Å². The van der Waals surface area contributed by atoms with Gasteiger partial charge in [0.2, 0.25) is 10.0 Å². The van der Waals surface area contributed by atoms with Crippen molar-refractivity contribution in [3.8, 4) is 0 Å². The molecule has 1 heterocycles. The molecule has 29 heavy (non-hydrogen) atoms. The monoisotopic (exact) mass is 423 g/mol. The van der Waals surface area contributed by atoms with E-state index in [9.17, 15) is 22.8 Å². The number of amides is 3. The van der Waals surface area contributed by atoms with Gasteiger partial charge in [-0.1, -0.05) is 13.0 Å². The van der Waals surface area contributed by atoms with Crippen molar-refractivity contribution in [1.29, 1.82) is 0 Å². The highest BCUT2D eigenvalue weighted by atomic mass is 32.2. The summed E-state index contributed by atoms with van der Waals surface area (Å²) in [4.78, 5) is 35.0. The van der Waals surface area contributed by atoms with E-state index in [-0.39, 0.29) is 17.0 Å². The third kappa shape index (κ3) is 6.40. The number of imide groups is 1. The average molecular weight is 423 g/mol. The van der Waals surface area contributed by atoms with Gasteiger partial charge in [0.1, 0.15) is 0 Å². The Hall–Kier alpha value is -2.72. The van der Waals surface area contributed by atoms with E-state index in [1.807, 2.05) is 5.32 Å². The van der Waals surface area contributed by atoms with Crippen molar-refractivity contribution < 1.29 is 27.5 Å². The summed E-state index contributed by atoms with van der Waals surface area (Å²) < 4.78 is 31.6. The van der Waals surface area contributed by atoms with E-state index in [1.54, 1.807) is 0 Å². The Kier molecular flexibility index (Phi) is 7.91. The number of carbonyl (C=O) groups excluding carboxylic acids is 3. The summed E-state index contributed by atoms with van der Waals surface area (Å²) in [5, 5.41) is 4.33. The number of piperidine rings is 1. The minimum absolute atomic E-state index is 0.0973. The molecule has 0 unspecified atom stereocenters. The third-order valence-corrected chi connectivity index (χ3v) is 6.38. The molecule has 10 heteroatoms. The molecule has 0 atom stereocenters. The van der Waals surface area contributed by atoms with E-state index < -0.39 is 34.5 Å². The predicted octanol–water partition coefficient (Wildman–Crippen LogP) is 1.28. The van der Waals surface area contributed by atoms with Crippen LogP contribution < -0.4 is 10.6 Å². The highest BCUT2D eigenvalue weighted by molar-refractivity contribution is 7.89. The Bertz CT molecular complexity index is 858. The molecule has 0 radical (unpaired) electrons. The van der Waals surface area contributed by atoms with Crippen LogP contribution >= 0.6 is 0 Å². The van der Waals surface area contributed by atoms with Crippen molar-refractivity contribution in [3.63, 3.8) is 0 Å². The molecule has 0 saturated carbocycles. The lowest BCUT2D eigenvalue weighted by Crippen LogP contribution is -2.41. The van der Waals surface area contributed by atoms with Crippen molar-refractivity contribution in [1.82, 2.24) is 14.9 Å². The second-order valence-corrected chi connectivity index (χ2v) is 8.67. The molecule has 1 aliphatic rings. The summed E-state index contributed by atoms with van der Waals surface area (Å²) in [6.45, 7) is 6.00. The molecule has 2 rings (SSSR count). The zero-order valence-corrected chi connectivity index (χ0v) is 17.0. The summed E-state index contributed by atoms with van der Waals surface area (Å²) in [6.07, 6.45) is 3.08. The van der Waals surface area contributed by atoms with E-state index in [0.717, 1.165) is 12.8 Å². The van der Waals surface area contributed by atoms with E-state index in [4.69, 9.17) is 4.74 Å². The fraction of sp³-hybridized carbons (Fsp3) is 0.421. The molecule has 2 N–H and O–H groups in total. The van der Waals surface area contributed by atoms with Crippen LogP contribution in [0.5, 0.6) is 0 Å². The topological polar surface area (TPSA) is 122 Å². The highest BCUT2D eigenvalue weighted by Crippen LogP contribution is 2.23. The van der Waals surface area contributed by atoms with E-state index in [0.29, 0.717) is 19.0 Å². The Morgan fingerprint density at radius 3 is 2.41 bits per heavy atom. The molecule has 1 fully saturated rings. The van der Waals surface area contributed by atoms with Gasteiger partial charge in [0.15, 0.2) is 6.61 Å². The maximum atomic E-state index is 12.7. The molecule has 0 spiro atoms. The van der Waals surface area contributed by atoms with Crippen LogP contribution in [0.1, 0.15) is 30.1 Å². The van der Waals surface area contributed by atoms with Gasteiger partial charge in [-0.2, -0.15) is 4.31 Å². The van der Waals surface area contributed by atoms with Gasteiger partial charge in [-0.05, 0) is 43.0 Å². The number of urea groups is 1. The van der Waals surface area contributed by atoms with Gasteiger partial charge in [-0.3, -0.25) is 10.1 Å². The molecular weight excluding hydrogens is 398 g/mol. The van der Waals surface area contributed by atoms with E-state index in [2.05, 4.69) is 18.8 Å². The Balaban J connectivity index is 1.90. The van der Waals surface area contributed by atoms with Crippen molar-refractivity contribution >= 4 is 27.9 Å². The van der Waals surface area contributed by atoms with Crippen molar-refractivity contribution in [2.24, 2.45) is 5.92 Å². The molecule has 1 aromatic carbocycles. The maximum Gasteiger partial charge on any atom is 0.338 e. The zero-order chi connectivity index (χ0) is 21.4. The van der Waals surface area contributed by atoms with Crippen LogP contribution in [0.4, 0.5) is 4.79 Å². The fourth-order valence-corrected chi connectivity index (χ4v) is 4.19. The number of nitrogens with zero attached hydrogens (tertiary/aromatic N) is 1. The number of esters is 1. The molecule has 158 valence electrons. The van der Waals surface area contributed by atoms with Crippen LogP contribution in [-0.4, -0.2) is 56.9 Å². The summed E-state index contributed by atoms with van der Waals surface area (Å²) >= 11 is 0. The van der Waals surface area contributed by atoms with Crippen molar-refractivity contribution in [3.05, 3.63) is 42.5 Å². The number of rotatable bonds is 7. The van der Waals surface area contributed by atoms with Crippen molar-refractivity contribution in [2.75, 3.05) is 26.2 Å². The first-order valence-corrected chi connectivity index (χ1v) is 10.6. The Morgan fingerprint density at radius 2 is 1.83 bits per heavy atom. The second-order valence-electron chi connectivity index (χ2n) is 6.73. The lowest BCUT2D eigenvalue weighted by molar-refractivity contribution is -0.123. The number of benzene rings is 1. The number of hydrogen-bond acceptors (Lipinski definition) is 6. The minimum atomic E-state index is -3.61. The minimum Gasteiger partial charge on any atom is -0.452 e. The quantitative estimate of drug-likeness (QED) is 0.503. The molecule has 0 aromatic heterocycles. The van der Waals surface area contributed by atoms with Gasteiger partial charge in [0, 0.05) is 19.6 Å². The number of nitrogens with one attached hydrogen (secondary N) is 2. The van der Waals surface area contributed by atoms with Crippen LogP contribution in [0.3, 0.4) is 0 Å². The van der Waals surface area contributed by atoms with Gasteiger partial charge < -0.3 is 10.1 Å². The van der Waals surface area contributed by atoms with Crippen LogP contribution in [0.25, 0.3) is 0 Å². The van der Waals surface area contributed by atoms with Gasteiger partial charge in [-0.25, -0.2) is 18.0 Å². The van der Waals surface area contributed by atoms with Gasteiger partial charge in [0.05, 0.1) is 10.5 Å². The summed E-state index contributed by atoms with van der Waals surface area (Å²) in [5.74, 6) is -1.09. The number of hydrogen-bond donors (Lipinski definition) is 2. The second kappa shape index (κ2) is 10.2. The number of carbonyl (C=O) groups is 3. The molecular formula is C19H25N3O6S. The van der Waals surface area contributed by atoms with Gasteiger partial charge in [-0.15, -0.1) is 6.58 Å². The van der Waals surface area contributed by atoms with Crippen LogP contribution in [0.15, 0.2) is 41.8 Å². The smallest absolute Gasteiger partial charge is 0.338 e. The SMILES string of the molecule is C=CCNC(=O)NC(=O)COC(=O)c1ccc(S(=O)(=O)N2CCC(C)CC2)cc1. The zero-order valence-electron chi connectivity index (χ0n) is 16.2. The average Bonchev–Trinajstić information content (AvgIpc) is 2.71. The number of sulfonamides is 1. The van der Waals surface area contributed by atoms with Gasteiger partial charge in [0.25, 0.3) is 5.91 Å². The molecule has 1 aromatic rings. The van der Waals surface area contributed by atoms with Crippen LogP contribution in [0, 0.1) is 5.92 Å². The summed E-state index contributed by atoms with van der Waals surface area (Å²) in [5.41, 5.74) is 0.0973.